The van der Waals surface area contributed by atoms with E-state index in [-0.39, 0.29) is 17.8 Å². The summed E-state index contributed by atoms with van der Waals surface area (Å²) in [5.74, 6) is 0.985. The van der Waals surface area contributed by atoms with Crippen LogP contribution in [0.1, 0.15) is 30.1 Å². The number of esters is 1. The summed E-state index contributed by atoms with van der Waals surface area (Å²) in [6, 6.07) is 7.40. The van der Waals surface area contributed by atoms with Crippen molar-refractivity contribution in [3.05, 3.63) is 36.0 Å². The molecule has 1 aliphatic rings. The molecule has 3 rings (SSSR count). The van der Waals surface area contributed by atoms with Crippen LogP contribution in [0.5, 0.6) is 5.75 Å². The molecule has 0 atom stereocenters. The van der Waals surface area contributed by atoms with Gasteiger partial charge >= 0.3 is 5.97 Å². The number of benzene rings is 1. The van der Waals surface area contributed by atoms with Gasteiger partial charge < -0.3 is 25.0 Å². The van der Waals surface area contributed by atoms with Gasteiger partial charge in [-0.15, -0.1) is 0 Å². The summed E-state index contributed by atoms with van der Waals surface area (Å²) in [6.07, 6.45) is 2.86. The Bertz CT molecular complexity index is 897. The van der Waals surface area contributed by atoms with E-state index in [1.807, 2.05) is 36.1 Å². The van der Waals surface area contributed by atoms with E-state index in [2.05, 4.69) is 20.6 Å². The lowest BCUT2D eigenvalue weighted by atomic mass is 9.97. The number of piperidine rings is 1. The quantitative estimate of drug-likeness (QED) is 0.667. The van der Waals surface area contributed by atoms with Crippen LogP contribution in [-0.2, 0) is 9.53 Å². The molecule has 2 N–H and O–H groups in total. The Hall–Kier alpha value is -3.36. The second-order valence-corrected chi connectivity index (χ2v) is 6.85. The number of hydrogen-bond acceptors (Lipinski definition) is 8. The van der Waals surface area contributed by atoms with Crippen LogP contribution in [0.3, 0.4) is 0 Å². The van der Waals surface area contributed by atoms with E-state index in [0.29, 0.717) is 61.3 Å². The molecule has 0 spiro atoms. The second-order valence-electron chi connectivity index (χ2n) is 6.85. The number of amides is 1. The number of nitrogens with zero attached hydrogens (tertiary/aromatic N) is 3. The van der Waals surface area contributed by atoms with Gasteiger partial charge in [0.2, 0.25) is 5.95 Å². The predicted molar refractivity (Wildman–Crippen MR) is 113 cm³/mol. The number of ether oxygens (including phenoxy) is 2. The summed E-state index contributed by atoms with van der Waals surface area (Å²) in [5.41, 5.74) is 1.02. The average molecular weight is 413 g/mol. The first-order chi connectivity index (χ1) is 14.6. The molecule has 1 fully saturated rings. The number of carbonyl (C=O) groups excluding carboxylic acids is 2. The van der Waals surface area contributed by atoms with Crippen LogP contribution in [0.15, 0.2) is 30.5 Å². The number of hydrogen-bond donors (Lipinski definition) is 2. The van der Waals surface area contributed by atoms with Crippen molar-refractivity contribution in [1.82, 2.24) is 15.3 Å². The Morgan fingerprint density at radius 1 is 1.23 bits per heavy atom. The molecule has 1 saturated heterocycles. The number of carbonyl (C=O) groups is 2. The SMILES string of the molecule is CCOC(=O)C1CCN(c2ncc(C(=O)NC)c(Nc3ccccc3OC)n2)CC1. The lowest BCUT2D eigenvalue weighted by Crippen LogP contribution is -2.38. The number of aromatic nitrogens is 2. The summed E-state index contributed by atoms with van der Waals surface area (Å²) in [6.45, 7) is 3.47. The first-order valence-corrected chi connectivity index (χ1v) is 9.98. The molecule has 160 valence electrons. The van der Waals surface area contributed by atoms with Gasteiger partial charge in [0.05, 0.1) is 25.3 Å². The minimum absolute atomic E-state index is 0.0995. The van der Waals surface area contributed by atoms with Gasteiger partial charge in [0.15, 0.2) is 0 Å². The van der Waals surface area contributed by atoms with Crippen molar-refractivity contribution < 1.29 is 19.1 Å². The van der Waals surface area contributed by atoms with Gasteiger partial charge in [0, 0.05) is 26.3 Å². The van der Waals surface area contributed by atoms with Gasteiger partial charge in [0.1, 0.15) is 17.1 Å². The van der Waals surface area contributed by atoms with Crippen LogP contribution in [0, 0.1) is 5.92 Å². The van der Waals surface area contributed by atoms with Crippen molar-refractivity contribution in [2.24, 2.45) is 5.92 Å². The molecule has 1 aromatic heterocycles. The molecule has 0 radical (unpaired) electrons. The van der Waals surface area contributed by atoms with Crippen LogP contribution in [0.25, 0.3) is 0 Å². The summed E-state index contributed by atoms with van der Waals surface area (Å²) in [4.78, 5) is 35.3. The van der Waals surface area contributed by atoms with E-state index in [9.17, 15) is 9.59 Å². The van der Waals surface area contributed by atoms with E-state index in [0.717, 1.165) is 0 Å². The highest BCUT2D eigenvalue weighted by Crippen LogP contribution is 2.29. The van der Waals surface area contributed by atoms with E-state index >= 15 is 0 Å². The van der Waals surface area contributed by atoms with Crippen molar-refractivity contribution in [3.63, 3.8) is 0 Å². The molecule has 1 amide bonds. The van der Waals surface area contributed by atoms with Gasteiger partial charge in [-0.2, -0.15) is 4.98 Å². The summed E-state index contributed by atoms with van der Waals surface area (Å²) >= 11 is 0. The van der Waals surface area contributed by atoms with E-state index in [1.165, 1.54) is 6.20 Å². The highest BCUT2D eigenvalue weighted by molar-refractivity contribution is 5.99. The van der Waals surface area contributed by atoms with Crippen molar-refractivity contribution in [2.75, 3.05) is 44.1 Å². The summed E-state index contributed by atoms with van der Waals surface area (Å²) < 4.78 is 10.5. The minimum atomic E-state index is -0.292. The van der Waals surface area contributed by atoms with Crippen LogP contribution in [-0.4, -0.2) is 55.7 Å². The van der Waals surface area contributed by atoms with E-state index in [1.54, 1.807) is 14.2 Å². The largest absolute Gasteiger partial charge is 0.495 e. The van der Waals surface area contributed by atoms with Crippen molar-refractivity contribution in [2.45, 2.75) is 19.8 Å². The fourth-order valence-corrected chi connectivity index (χ4v) is 3.37. The molecule has 0 aliphatic carbocycles. The number of anilines is 3. The van der Waals surface area contributed by atoms with Crippen LogP contribution >= 0.6 is 0 Å². The third-order valence-electron chi connectivity index (χ3n) is 5.01. The number of rotatable bonds is 7. The zero-order valence-corrected chi connectivity index (χ0v) is 17.5. The lowest BCUT2D eigenvalue weighted by Gasteiger charge is -2.31. The van der Waals surface area contributed by atoms with Gasteiger partial charge in [-0.05, 0) is 31.9 Å². The fourth-order valence-electron chi connectivity index (χ4n) is 3.37. The lowest BCUT2D eigenvalue weighted by molar-refractivity contribution is -0.148. The Morgan fingerprint density at radius 3 is 2.63 bits per heavy atom. The fraction of sp³-hybridized carbons (Fsp3) is 0.429. The highest BCUT2D eigenvalue weighted by atomic mass is 16.5. The first kappa shape index (κ1) is 21.4. The standard InChI is InChI=1S/C21H27N5O4/c1-4-30-20(28)14-9-11-26(12-10-14)21-23-13-15(19(27)22-2)18(25-21)24-16-7-5-6-8-17(16)29-3/h5-8,13-14H,4,9-12H2,1-3H3,(H,22,27)(H,23,24,25). The molecular weight excluding hydrogens is 386 g/mol. The van der Waals surface area contributed by atoms with Crippen LogP contribution in [0.4, 0.5) is 17.5 Å². The maximum atomic E-state index is 12.3. The molecule has 30 heavy (non-hydrogen) atoms. The first-order valence-electron chi connectivity index (χ1n) is 9.98. The zero-order chi connectivity index (χ0) is 21.5. The minimum Gasteiger partial charge on any atom is -0.495 e. The van der Waals surface area contributed by atoms with E-state index < -0.39 is 0 Å². The van der Waals surface area contributed by atoms with Crippen molar-refractivity contribution in [1.29, 1.82) is 0 Å². The summed E-state index contributed by atoms with van der Waals surface area (Å²) in [7, 11) is 3.14. The highest BCUT2D eigenvalue weighted by Gasteiger charge is 2.28. The topological polar surface area (TPSA) is 106 Å². The molecule has 9 nitrogen and oxygen atoms in total. The molecule has 2 heterocycles. The molecule has 9 heteroatoms. The summed E-state index contributed by atoms with van der Waals surface area (Å²) in [5, 5.41) is 5.80. The van der Waals surface area contributed by atoms with Crippen molar-refractivity contribution >= 4 is 29.3 Å². The molecular formula is C21H27N5O4. The van der Waals surface area contributed by atoms with Crippen LogP contribution < -0.4 is 20.3 Å². The monoisotopic (exact) mass is 413 g/mol. The molecule has 2 aromatic rings. The average Bonchev–Trinajstić information content (AvgIpc) is 2.79. The number of para-hydroxylation sites is 2. The maximum Gasteiger partial charge on any atom is 0.309 e. The van der Waals surface area contributed by atoms with Crippen LogP contribution in [0.2, 0.25) is 0 Å². The Kier molecular flexibility index (Phi) is 7.05. The Balaban J connectivity index is 1.83. The number of methoxy groups -OCH3 is 1. The number of nitrogens with one attached hydrogen (secondary N) is 2. The van der Waals surface area contributed by atoms with Gasteiger partial charge in [0.25, 0.3) is 5.91 Å². The smallest absolute Gasteiger partial charge is 0.309 e. The van der Waals surface area contributed by atoms with Gasteiger partial charge in [-0.1, -0.05) is 12.1 Å². The van der Waals surface area contributed by atoms with E-state index in [4.69, 9.17) is 9.47 Å². The zero-order valence-electron chi connectivity index (χ0n) is 17.5. The van der Waals surface area contributed by atoms with Crippen molar-refractivity contribution in [3.8, 4) is 5.75 Å². The maximum absolute atomic E-state index is 12.3. The molecule has 0 saturated carbocycles. The molecule has 1 aromatic carbocycles. The molecule has 1 aliphatic heterocycles. The normalized spacial score (nSPS) is 14.2. The third-order valence-corrected chi connectivity index (χ3v) is 5.01. The van der Waals surface area contributed by atoms with Gasteiger partial charge in [-0.25, -0.2) is 4.98 Å². The predicted octanol–water partition coefficient (Wildman–Crippen LogP) is 2.37. The Labute approximate surface area is 175 Å². The third kappa shape index (κ3) is 4.79. The Morgan fingerprint density at radius 2 is 1.97 bits per heavy atom. The molecule has 0 unspecified atom stereocenters. The van der Waals surface area contributed by atoms with Gasteiger partial charge in [-0.3, -0.25) is 9.59 Å². The molecule has 0 bridgehead atoms. The second kappa shape index (κ2) is 9.91.